The summed E-state index contributed by atoms with van der Waals surface area (Å²) in [7, 11) is 1.49. The lowest BCUT2D eigenvalue weighted by Gasteiger charge is -2.25. The molecule has 0 radical (unpaired) electrons. The Balaban J connectivity index is 1.97. The van der Waals surface area contributed by atoms with E-state index in [-0.39, 0.29) is 6.42 Å². The summed E-state index contributed by atoms with van der Waals surface area (Å²) in [5.74, 6) is 0.523. The molecule has 0 aromatic heterocycles. The molecule has 8 heteroatoms. The molecule has 0 saturated heterocycles. The number of nitrogens with one attached hydrogen (secondary N) is 2. The Kier molecular flexibility index (Phi) is 7.04. The normalized spacial score (nSPS) is 10.6. The van der Waals surface area contributed by atoms with Gasteiger partial charge in [0.1, 0.15) is 5.75 Å². The van der Waals surface area contributed by atoms with Gasteiger partial charge in [-0.15, -0.1) is 0 Å². The molecule has 2 aromatic carbocycles. The minimum atomic E-state index is -0.908. The van der Waals surface area contributed by atoms with Gasteiger partial charge in [0.05, 0.1) is 18.7 Å². The number of methoxy groups -OCH3 is 1. The Morgan fingerprint density at radius 2 is 1.83 bits per heavy atom. The molecular weight excluding hydrogens is 374 g/mol. The van der Waals surface area contributed by atoms with E-state index in [1.807, 2.05) is 6.07 Å². The van der Waals surface area contributed by atoms with E-state index in [1.165, 1.54) is 7.11 Å². The maximum atomic E-state index is 12.1. The molecule has 0 aliphatic carbocycles. The molecule has 3 N–H and O–H groups in total. The van der Waals surface area contributed by atoms with Gasteiger partial charge in [0, 0.05) is 23.7 Å². The van der Waals surface area contributed by atoms with Crippen molar-refractivity contribution in [3.63, 3.8) is 0 Å². The van der Waals surface area contributed by atoms with Crippen molar-refractivity contribution in [3.8, 4) is 23.3 Å². The number of nitriles is 1. The summed E-state index contributed by atoms with van der Waals surface area (Å²) in [6.07, 6.45) is 0.285. The number of benzene rings is 2. The molecular formula is C21H23N3O5. The largest absolute Gasteiger partial charge is 0.493 e. The molecule has 0 saturated carbocycles. The van der Waals surface area contributed by atoms with Gasteiger partial charge in [-0.3, -0.25) is 4.79 Å². The SMILES string of the molecule is COc1cc(C#N)ccc1Oc1ccc(NC(=O)NC(C)(C)CCC(=O)O)cc1. The molecule has 2 rings (SSSR count). The predicted molar refractivity (Wildman–Crippen MR) is 107 cm³/mol. The lowest BCUT2D eigenvalue weighted by Crippen LogP contribution is -2.45. The lowest BCUT2D eigenvalue weighted by atomic mass is 9.99. The molecule has 2 amide bonds. The van der Waals surface area contributed by atoms with Crippen molar-refractivity contribution in [3.05, 3.63) is 48.0 Å². The highest BCUT2D eigenvalue weighted by atomic mass is 16.5. The van der Waals surface area contributed by atoms with Crippen molar-refractivity contribution in [2.24, 2.45) is 0 Å². The van der Waals surface area contributed by atoms with Crippen LogP contribution < -0.4 is 20.1 Å². The zero-order valence-corrected chi connectivity index (χ0v) is 16.5. The van der Waals surface area contributed by atoms with Gasteiger partial charge in [-0.2, -0.15) is 5.26 Å². The van der Waals surface area contributed by atoms with Crippen LogP contribution >= 0.6 is 0 Å². The number of carbonyl (C=O) groups is 2. The van der Waals surface area contributed by atoms with E-state index in [0.29, 0.717) is 34.9 Å². The molecule has 8 nitrogen and oxygen atoms in total. The molecule has 29 heavy (non-hydrogen) atoms. The van der Waals surface area contributed by atoms with Gasteiger partial charge >= 0.3 is 12.0 Å². The first-order valence-corrected chi connectivity index (χ1v) is 8.89. The summed E-state index contributed by atoms with van der Waals surface area (Å²) in [6, 6.07) is 13.2. The van der Waals surface area contributed by atoms with Crippen molar-refractivity contribution in [2.45, 2.75) is 32.2 Å². The standard InChI is InChI=1S/C21H23N3O5/c1-21(2,11-10-19(25)26)24-20(27)23-15-5-7-16(8-6-15)29-17-9-4-14(13-22)12-18(17)28-3/h4-9,12H,10-11H2,1-3H3,(H,25,26)(H2,23,24,27). The van der Waals surface area contributed by atoms with E-state index >= 15 is 0 Å². The fourth-order valence-corrected chi connectivity index (χ4v) is 2.51. The average Bonchev–Trinajstić information content (AvgIpc) is 2.68. The van der Waals surface area contributed by atoms with Crippen molar-refractivity contribution in [1.29, 1.82) is 5.26 Å². The summed E-state index contributed by atoms with van der Waals surface area (Å²) < 4.78 is 11.0. The van der Waals surface area contributed by atoms with Crippen molar-refractivity contribution in [2.75, 3.05) is 12.4 Å². The van der Waals surface area contributed by atoms with E-state index in [4.69, 9.17) is 19.8 Å². The summed E-state index contributed by atoms with van der Waals surface area (Å²) in [5, 5.41) is 23.2. The number of ether oxygens (including phenoxy) is 2. The van der Waals surface area contributed by atoms with Gasteiger partial charge < -0.3 is 25.2 Å². The van der Waals surface area contributed by atoms with Crippen LogP contribution in [0.15, 0.2) is 42.5 Å². The van der Waals surface area contributed by atoms with Crippen LogP contribution in [0, 0.1) is 11.3 Å². The van der Waals surface area contributed by atoms with Crippen LogP contribution in [0.2, 0.25) is 0 Å². The van der Waals surface area contributed by atoms with Crippen LogP contribution in [-0.2, 0) is 4.79 Å². The molecule has 2 aromatic rings. The van der Waals surface area contributed by atoms with Crippen LogP contribution in [0.25, 0.3) is 0 Å². The van der Waals surface area contributed by atoms with E-state index in [0.717, 1.165) is 0 Å². The third-order valence-corrected chi connectivity index (χ3v) is 4.05. The number of nitrogens with zero attached hydrogens (tertiary/aromatic N) is 1. The van der Waals surface area contributed by atoms with Crippen LogP contribution in [-0.4, -0.2) is 29.8 Å². The van der Waals surface area contributed by atoms with E-state index in [2.05, 4.69) is 10.6 Å². The first-order valence-electron chi connectivity index (χ1n) is 8.89. The molecule has 0 heterocycles. The van der Waals surface area contributed by atoms with Crippen LogP contribution in [0.4, 0.5) is 10.5 Å². The number of carboxylic acid groups (broad SMARTS) is 1. The van der Waals surface area contributed by atoms with E-state index in [9.17, 15) is 9.59 Å². The molecule has 0 aliphatic heterocycles. The van der Waals surface area contributed by atoms with Crippen LogP contribution in [0.1, 0.15) is 32.3 Å². The third kappa shape index (κ3) is 6.74. The number of carboxylic acids is 1. The second-order valence-corrected chi connectivity index (χ2v) is 6.96. The quantitative estimate of drug-likeness (QED) is 0.616. The highest BCUT2D eigenvalue weighted by Gasteiger charge is 2.21. The van der Waals surface area contributed by atoms with E-state index in [1.54, 1.807) is 56.3 Å². The van der Waals surface area contributed by atoms with Crippen molar-refractivity contribution >= 4 is 17.7 Å². The molecule has 0 unspecified atom stereocenters. The van der Waals surface area contributed by atoms with Crippen LogP contribution in [0.5, 0.6) is 17.2 Å². The number of aliphatic carboxylic acids is 1. The average molecular weight is 397 g/mol. The Labute approximate surface area is 169 Å². The maximum absolute atomic E-state index is 12.1. The monoisotopic (exact) mass is 397 g/mol. The van der Waals surface area contributed by atoms with Crippen molar-refractivity contribution < 1.29 is 24.2 Å². The zero-order valence-electron chi connectivity index (χ0n) is 16.5. The first kappa shape index (κ1) is 21.6. The number of amides is 2. The fourth-order valence-electron chi connectivity index (χ4n) is 2.51. The number of urea groups is 1. The first-order chi connectivity index (χ1) is 13.7. The maximum Gasteiger partial charge on any atom is 0.319 e. The predicted octanol–water partition coefficient (Wildman–Crippen LogP) is 4.12. The number of anilines is 1. The topological polar surface area (TPSA) is 121 Å². The van der Waals surface area contributed by atoms with Gasteiger partial charge in [-0.1, -0.05) is 0 Å². The number of hydrogen-bond acceptors (Lipinski definition) is 5. The third-order valence-electron chi connectivity index (χ3n) is 4.05. The number of rotatable bonds is 8. The molecule has 0 atom stereocenters. The van der Waals surface area contributed by atoms with Gasteiger partial charge in [0.2, 0.25) is 0 Å². The van der Waals surface area contributed by atoms with Gasteiger partial charge in [-0.25, -0.2) is 4.79 Å². The second kappa shape index (κ2) is 9.46. The lowest BCUT2D eigenvalue weighted by molar-refractivity contribution is -0.137. The Morgan fingerprint density at radius 3 is 2.41 bits per heavy atom. The summed E-state index contributed by atoms with van der Waals surface area (Å²) in [5.41, 5.74) is 0.360. The summed E-state index contributed by atoms with van der Waals surface area (Å²) in [6.45, 7) is 3.52. The zero-order chi connectivity index (χ0) is 21.4. The fraction of sp³-hybridized carbons (Fsp3) is 0.286. The van der Waals surface area contributed by atoms with Gasteiger partial charge in [0.15, 0.2) is 11.5 Å². The molecule has 0 spiro atoms. The Morgan fingerprint density at radius 1 is 1.14 bits per heavy atom. The smallest absolute Gasteiger partial charge is 0.319 e. The number of carbonyl (C=O) groups excluding carboxylic acids is 1. The Hall–Kier alpha value is -3.73. The minimum absolute atomic E-state index is 0.0296. The summed E-state index contributed by atoms with van der Waals surface area (Å²) in [4.78, 5) is 22.8. The second-order valence-electron chi connectivity index (χ2n) is 6.96. The van der Waals surface area contributed by atoms with E-state index < -0.39 is 17.5 Å². The molecule has 0 aliphatic rings. The minimum Gasteiger partial charge on any atom is -0.493 e. The van der Waals surface area contributed by atoms with Crippen molar-refractivity contribution in [1.82, 2.24) is 5.32 Å². The van der Waals surface area contributed by atoms with Crippen LogP contribution in [0.3, 0.4) is 0 Å². The molecule has 0 bridgehead atoms. The van der Waals surface area contributed by atoms with Gasteiger partial charge in [0.25, 0.3) is 0 Å². The van der Waals surface area contributed by atoms with Gasteiger partial charge in [-0.05, 0) is 56.7 Å². The highest BCUT2D eigenvalue weighted by Crippen LogP contribution is 2.32. The summed E-state index contributed by atoms with van der Waals surface area (Å²) >= 11 is 0. The number of hydrogen-bond donors (Lipinski definition) is 3. The highest BCUT2D eigenvalue weighted by molar-refractivity contribution is 5.89. The molecule has 0 fully saturated rings. The molecule has 152 valence electrons. The Bertz CT molecular complexity index is 917.